The molecule has 0 atom stereocenters. The van der Waals surface area contributed by atoms with Crippen molar-refractivity contribution >= 4 is 36.0 Å². The molecule has 0 saturated carbocycles. The molecule has 7 nitrogen and oxygen atoms in total. The van der Waals surface area contributed by atoms with Crippen LogP contribution in [0.4, 0.5) is 5.88 Å². The molecule has 0 aliphatic rings. The summed E-state index contributed by atoms with van der Waals surface area (Å²) >= 11 is 3.30. The average Bonchev–Trinajstić information content (AvgIpc) is 2.93. The van der Waals surface area contributed by atoms with E-state index in [4.69, 9.17) is 18.3 Å². The largest absolute Gasteiger partial charge is 0.538 e. The van der Waals surface area contributed by atoms with Crippen molar-refractivity contribution in [2.45, 2.75) is 32.5 Å². The summed E-state index contributed by atoms with van der Waals surface area (Å²) in [7, 11) is 0.986. The third kappa shape index (κ3) is 5.68. The minimum Gasteiger partial charge on any atom is -0.538 e. The molecule has 9 heteroatoms. The van der Waals surface area contributed by atoms with Gasteiger partial charge >= 0.3 is 0 Å². The third-order valence-electron chi connectivity index (χ3n) is 3.65. The number of anilines is 1. The molecule has 0 spiro atoms. The van der Waals surface area contributed by atoms with Gasteiger partial charge in [0.1, 0.15) is 11.5 Å². The van der Waals surface area contributed by atoms with Crippen LogP contribution in [-0.4, -0.2) is 38.9 Å². The molecule has 1 aromatic carbocycles. The summed E-state index contributed by atoms with van der Waals surface area (Å²) in [5.41, 5.74) is 0.537. The summed E-state index contributed by atoms with van der Waals surface area (Å²) < 4.78 is 22.4. The van der Waals surface area contributed by atoms with Gasteiger partial charge in [0.15, 0.2) is 5.76 Å². The smallest absolute Gasteiger partial charge is 0.245 e. The summed E-state index contributed by atoms with van der Waals surface area (Å²) in [5.74, 6) is 1.10. The van der Waals surface area contributed by atoms with E-state index in [0.29, 0.717) is 29.9 Å². The zero-order valence-electron chi connectivity index (χ0n) is 16.7. The van der Waals surface area contributed by atoms with Crippen LogP contribution in [0.15, 0.2) is 22.6 Å². The Kier molecular flexibility index (Phi) is 7.42. The lowest BCUT2D eigenvalue weighted by Gasteiger charge is -2.18. The molecule has 154 valence electrons. The normalized spacial score (nSPS) is 11.2. The minimum atomic E-state index is -2.09. The second kappa shape index (κ2) is 9.38. The number of amides is 1. The van der Waals surface area contributed by atoms with Crippen molar-refractivity contribution < 1.29 is 28.2 Å². The predicted molar refractivity (Wildman–Crippen MR) is 115 cm³/mol. The summed E-state index contributed by atoms with van der Waals surface area (Å²) in [5, 5.41) is 14.2. The highest BCUT2D eigenvalue weighted by Crippen LogP contribution is 2.48. The van der Waals surface area contributed by atoms with Gasteiger partial charge in [-0.05, 0) is 38.2 Å². The van der Waals surface area contributed by atoms with E-state index in [1.807, 2.05) is 19.6 Å². The van der Waals surface area contributed by atoms with Crippen molar-refractivity contribution in [3.05, 3.63) is 18.2 Å². The van der Waals surface area contributed by atoms with Gasteiger partial charge in [-0.2, -0.15) is 0 Å². The molecule has 0 bridgehead atoms. The van der Waals surface area contributed by atoms with Gasteiger partial charge in [0.25, 0.3) is 0 Å². The van der Waals surface area contributed by atoms with E-state index in [1.165, 1.54) is 14.2 Å². The number of carbonyl (C=O) groups is 1. The van der Waals surface area contributed by atoms with E-state index in [0.717, 1.165) is 5.33 Å². The fourth-order valence-electron chi connectivity index (χ4n) is 2.44. The molecular weight excluding hydrogens is 446 g/mol. The van der Waals surface area contributed by atoms with Crippen LogP contribution in [0.2, 0.25) is 19.6 Å². The fraction of sp³-hybridized carbons (Fsp3) is 0.421. The first-order valence-corrected chi connectivity index (χ1v) is 13.4. The first kappa shape index (κ1) is 22.2. The Balaban J connectivity index is 2.51. The molecule has 0 aliphatic heterocycles. The number of hydrogen-bond donors (Lipinski definition) is 2. The number of carbonyl (C=O) groups excluding carboxylic acids is 1. The first-order valence-electron chi connectivity index (χ1n) is 8.82. The number of ether oxygens (including phenoxy) is 2. The third-order valence-corrected chi connectivity index (χ3v) is 5.03. The number of halogens is 1. The molecule has 2 aromatic rings. The Morgan fingerprint density at radius 3 is 2.29 bits per heavy atom. The van der Waals surface area contributed by atoms with E-state index in [1.54, 1.807) is 18.2 Å². The summed E-state index contributed by atoms with van der Waals surface area (Å²) in [6.45, 7) is 5.93. The zero-order valence-corrected chi connectivity index (χ0v) is 19.3. The maximum atomic E-state index is 12.2. The van der Waals surface area contributed by atoms with Crippen molar-refractivity contribution in [3.63, 3.8) is 0 Å². The highest BCUT2D eigenvalue weighted by molar-refractivity contribution is 9.09. The number of furan rings is 1. The van der Waals surface area contributed by atoms with Crippen molar-refractivity contribution in [2.75, 3.05) is 24.9 Å². The monoisotopic (exact) mass is 471 g/mol. The summed E-state index contributed by atoms with van der Waals surface area (Å²) in [4.78, 5) is 12.2. The molecule has 1 aromatic heterocycles. The van der Waals surface area contributed by atoms with Gasteiger partial charge in [-0.25, -0.2) is 0 Å². The molecule has 0 fully saturated rings. The number of rotatable bonds is 9. The molecule has 0 radical (unpaired) electrons. The van der Waals surface area contributed by atoms with Crippen molar-refractivity contribution in [2.24, 2.45) is 0 Å². The van der Waals surface area contributed by atoms with E-state index >= 15 is 0 Å². The fourth-order valence-corrected chi connectivity index (χ4v) is 3.52. The number of benzene rings is 1. The molecule has 2 N–H and O–H groups in total. The van der Waals surface area contributed by atoms with Gasteiger partial charge in [0.2, 0.25) is 31.6 Å². The van der Waals surface area contributed by atoms with Crippen LogP contribution < -0.4 is 19.2 Å². The molecule has 0 saturated heterocycles. The van der Waals surface area contributed by atoms with Crippen LogP contribution >= 0.6 is 15.9 Å². The van der Waals surface area contributed by atoms with E-state index in [9.17, 15) is 9.90 Å². The van der Waals surface area contributed by atoms with Crippen LogP contribution in [0, 0.1) is 0 Å². The van der Waals surface area contributed by atoms with Gasteiger partial charge in [-0.1, -0.05) is 15.9 Å². The van der Waals surface area contributed by atoms with Gasteiger partial charge in [-0.15, -0.1) is 0 Å². The van der Waals surface area contributed by atoms with Gasteiger partial charge in [0.05, 0.1) is 14.2 Å². The second-order valence-corrected chi connectivity index (χ2v) is 12.3. The molecule has 0 aliphatic carbocycles. The second-order valence-electron chi connectivity index (χ2n) is 7.09. The lowest BCUT2D eigenvalue weighted by Crippen LogP contribution is -2.29. The van der Waals surface area contributed by atoms with Gasteiger partial charge < -0.3 is 23.4 Å². The quantitative estimate of drug-likeness (QED) is 0.395. The van der Waals surface area contributed by atoms with Gasteiger partial charge in [-0.3, -0.25) is 10.1 Å². The van der Waals surface area contributed by atoms with Crippen molar-refractivity contribution in [1.82, 2.24) is 0 Å². The Labute approximate surface area is 174 Å². The Bertz CT molecular complexity index is 808. The number of aromatic hydroxyl groups is 1. The molecule has 2 rings (SSSR count). The van der Waals surface area contributed by atoms with Crippen LogP contribution in [0.1, 0.15) is 12.8 Å². The lowest BCUT2D eigenvalue weighted by molar-refractivity contribution is -0.116. The molecule has 0 unspecified atom stereocenters. The maximum Gasteiger partial charge on any atom is 0.245 e. The summed E-state index contributed by atoms with van der Waals surface area (Å²) in [6.07, 6.45) is 1.00. The Morgan fingerprint density at radius 2 is 1.79 bits per heavy atom. The Morgan fingerprint density at radius 1 is 1.18 bits per heavy atom. The van der Waals surface area contributed by atoms with E-state index in [-0.39, 0.29) is 29.1 Å². The van der Waals surface area contributed by atoms with Gasteiger partial charge in [0, 0.05) is 23.4 Å². The maximum absolute atomic E-state index is 12.2. The topological polar surface area (TPSA) is 90.2 Å². The number of methoxy groups -OCH3 is 2. The zero-order chi connectivity index (χ0) is 20.9. The summed E-state index contributed by atoms with van der Waals surface area (Å²) in [6, 6.07) is 5.12. The lowest BCUT2D eigenvalue weighted by atomic mass is 10.1. The van der Waals surface area contributed by atoms with Crippen LogP contribution in [0.5, 0.6) is 23.0 Å². The first-order chi connectivity index (χ1) is 13.2. The van der Waals surface area contributed by atoms with Crippen molar-refractivity contribution in [1.29, 1.82) is 0 Å². The standard InChI is InChI=1S/C19H26BrNO6Si/c1-24-13-9-12(10-14(11-13)25-2)17-16(23)18(27-28(3,4)5)19(26-17)21-15(22)7-6-8-20/h9-11,23H,6-8H2,1-5H3,(H,21,22). The van der Waals surface area contributed by atoms with Crippen LogP contribution in [-0.2, 0) is 4.79 Å². The number of hydrogen-bond acceptors (Lipinski definition) is 6. The van der Waals surface area contributed by atoms with Crippen LogP contribution in [0.3, 0.4) is 0 Å². The number of alkyl halides is 1. The van der Waals surface area contributed by atoms with Crippen LogP contribution in [0.25, 0.3) is 11.3 Å². The predicted octanol–water partition coefficient (Wildman–Crippen LogP) is 5.00. The SMILES string of the molecule is COc1cc(OC)cc(-c2oc(NC(=O)CCCBr)c(O[Si](C)(C)C)c2O)c1. The highest BCUT2D eigenvalue weighted by atomic mass is 79.9. The molecule has 1 amide bonds. The molecule has 28 heavy (non-hydrogen) atoms. The highest BCUT2D eigenvalue weighted by Gasteiger charge is 2.29. The number of nitrogens with one attached hydrogen (secondary N) is 1. The molecule has 1 heterocycles. The average molecular weight is 472 g/mol. The molecular formula is C19H26BrNO6Si. The Hall–Kier alpha value is -2.13. The van der Waals surface area contributed by atoms with E-state index < -0.39 is 8.32 Å². The minimum absolute atomic E-state index is 0.0938. The van der Waals surface area contributed by atoms with E-state index in [2.05, 4.69) is 21.2 Å². The van der Waals surface area contributed by atoms with Crippen molar-refractivity contribution in [3.8, 4) is 34.3 Å².